The van der Waals surface area contributed by atoms with Crippen LogP contribution in [-0.2, 0) is 6.54 Å². The van der Waals surface area contributed by atoms with Crippen molar-refractivity contribution >= 4 is 27.6 Å². The second kappa shape index (κ2) is 4.85. The first kappa shape index (κ1) is 11.9. The summed E-state index contributed by atoms with van der Waals surface area (Å²) in [5.41, 5.74) is 2.10. The minimum absolute atomic E-state index is 0.356. The van der Waals surface area contributed by atoms with E-state index in [-0.39, 0.29) is 5.76 Å². The third-order valence-corrected chi connectivity index (χ3v) is 3.50. The van der Waals surface area contributed by atoms with Gasteiger partial charge in [0.2, 0.25) is 0 Å². The lowest BCUT2D eigenvalue weighted by atomic mass is 10.3. The van der Waals surface area contributed by atoms with E-state index in [1.807, 2.05) is 25.1 Å². The Balaban J connectivity index is 2.03. The van der Waals surface area contributed by atoms with Crippen molar-refractivity contribution in [2.75, 3.05) is 11.9 Å². The van der Waals surface area contributed by atoms with Crippen LogP contribution in [0.3, 0.4) is 0 Å². The van der Waals surface area contributed by atoms with Crippen molar-refractivity contribution in [2.45, 2.75) is 13.5 Å². The topological polar surface area (TPSA) is 73.0 Å². The van der Waals surface area contributed by atoms with Crippen LogP contribution in [0, 0.1) is 0 Å². The molecule has 0 saturated heterocycles. The first-order chi connectivity index (χ1) is 9.29. The van der Waals surface area contributed by atoms with Crippen molar-refractivity contribution < 1.29 is 4.42 Å². The molecule has 0 fully saturated rings. The molecule has 0 spiro atoms. The van der Waals surface area contributed by atoms with Gasteiger partial charge < -0.3 is 9.73 Å². The van der Waals surface area contributed by atoms with Gasteiger partial charge in [-0.3, -0.25) is 4.57 Å². The number of para-hydroxylation sites is 2. The average Bonchev–Trinajstić information content (AvgIpc) is 2.97. The van der Waals surface area contributed by atoms with E-state index >= 15 is 0 Å². The summed E-state index contributed by atoms with van der Waals surface area (Å²) in [6.45, 7) is 3.15. The third-order valence-electron chi connectivity index (χ3n) is 2.77. The molecule has 0 aliphatic heterocycles. The van der Waals surface area contributed by atoms with Crippen molar-refractivity contribution in [1.82, 2.24) is 14.2 Å². The fraction of sp³-hybridized carbons (Fsp3) is 0.250. The molecule has 19 heavy (non-hydrogen) atoms. The molecule has 6 nitrogen and oxygen atoms in total. The number of hydrogen-bond donors (Lipinski definition) is 1. The molecule has 2 heterocycles. The van der Waals surface area contributed by atoms with Crippen LogP contribution in [0.25, 0.3) is 11.1 Å². The lowest BCUT2D eigenvalue weighted by molar-refractivity contribution is 0.516. The zero-order valence-electron chi connectivity index (χ0n) is 10.3. The van der Waals surface area contributed by atoms with Gasteiger partial charge in [0.25, 0.3) is 0 Å². The smallest absolute Gasteiger partial charge is 0.408 e. The zero-order chi connectivity index (χ0) is 13.2. The van der Waals surface area contributed by atoms with Gasteiger partial charge in [0.15, 0.2) is 5.58 Å². The molecule has 0 radical (unpaired) electrons. The van der Waals surface area contributed by atoms with Gasteiger partial charge in [-0.05, 0) is 19.1 Å². The standard InChI is InChI=1S/C12H12N4O2S/c1-2-13-11-8(14-15-19-11)7-16-9-5-3-4-6-10(9)18-12(16)17/h3-6,13H,2,7H2,1H3. The van der Waals surface area contributed by atoms with Gasteiger partial charge in [-0.25, -0.2) is 4.79 Å². The molecule has 0 unspecified atom stereocenters. The highest BCUT2D eigenvalue weighted by Gasteiger charge is 2.13. The number of nitrogens with one attached hydrogen (secondary N) is 1. The van der Waals surface area contributed by atoms with Gasteiger partial charge in [0.1, 0.15) is 10.7 Å². The first-order valence-corrected chi connectivity index (χ1v) is 6.70. The lowest BCUT2D eigenvalue weighted by Gasteiger charge is -2.02. The molecule has 7 heteroatoms. The van der Waals surface area contributed by atoms with Gasteiger partial charge in [-0.2, -0.15) is 0 Å². The fourth-order valence-electron chi connectivity index (χ4n) is 1.92. The van der Waals surface area contributed by atoms with E-state index in [0.717, 1.165) is 22.8 Å². The molecule has 0 atom stereocenters. The Kier molecular flexibility index (Phi) is 3.04. The van der Waals surface area contributed by atoms with Crippen LogP contribution in [0.1, 0.15) is 12.6 Å². The predicted octanol–water partition coefficient (Wildman–Crippen LogP) is 1.93. The van der Waals surface area contributed by atoms with Crippen LogP contribution in [0.4, 0.5) is 5.00 Å². The molecule has 2 aromatic heterocycles. The fourth-order valence-corrected chi connectivity index (χ4v) is 2.56. The molecule has 0 bridgehead atoms. The SMILES string of the molecule is CCNc1snnc1Cn1c(=O)oc2ccccc21. The van der Waals surface area contributed by atoms with Crippen LogP contribution in [0.5, 0.6) is 0 Å². The van der Waals surface area contributed by atoms with E-state index < -0.39 is 0 Å². The largest absolute Gasteiger partial charge is 0.420 e. The summed E-state index contributed by atoms with van der Waals surface area (Å²) < 4.78 is 10.7. The Bertz CT molecular complexity index is 758. The summed E-state index contributed by atoms with van der Waals surface area (Å²) in [6, 6.07) is 7.34. The van der Waals surface area contributed by atoms with E-state index in [1.54, 1.807) is 10.6 Å². The van der Waals surface area contributed by atoms with Crippen molar-refractivity contribution in [3.63, 3.8) is 0 Å². The number of rotatable bonds is 4. The van der Waals surface area contributed by atoms with Crippen LogP contribution in [-0.4, -0.2) is 20.7 Å². The maximum absolute atomic E-state index is 11.9. The first-order valence-electron chi connectivity index (χ1n) is 5.93. The van der Waals surface area contributed by atoms with E-state index in [0.29, 0.717) is 12.1 Å². The van der Waals surface area contributed by atoms with Crippen LogP contribution < -0.4 is 11.1 Å². The summed E-state index contributed by atoms with van der Waals surface area (Å²) in [6.07, 6.45) is 0. The Labute approximate surface area is 112 Å². The molecule has 3 rings (SSSR count). The molecule has 0 aliphatic rings. The molecule has 0 saturated carbocycles. The summed E-state index contributed by atoms with van der Waals surface area (Å²) in [5, 5.41) is 8.13. The predicted molar refractivity (Wildman–Crippen MR) is 73.6 cm³/mol. The Hall–Kier alpha value is -2.15. The van der Waals surface area contributed by atoms with Gasteiger partial charge in [-0.1, -0.05) is 16.6 Å². The summed E-state index contributed by atoms with van der Waals surface area (Å²) >= 11 is 1.29. The number of hydrogen-bond acceptors (Lipinski definition) is 6. The molecule has 0 amide bonds. The molecule has 0 aliphatic carbocycles. The minimum atomic E-state index is -0.378. The van der Waals surface area contributed by atoms with Crippen LogP contribution in [0.2, 0.25) is 0 Å². The second-order valence-electron chi connectivity index (χ2n) is 4.00. The number of benzene rings is 1. The van der Waals surface area contributed by atoms with Gasteiger partial charge in [-0.15, -0.1) is 5.10 Å². The van der Waals surface area contributed by atoms with E-state index in [9.17, 15) is 4.79 Å². The highest BCUT2D eigenvalue weighted by molar-refractivity contribution is 7.10. The molecular formula is C12H12N4O2S. The van der Waals surface area contributed by atoms with Crippen LogP contribution in [0.15, 0.2) is 33.5 Å². The van der Waals surface area contributed by atoms with Crippen LogP contribution >= 0.6 is 11.5 Å². The maximum Gasteiger partial charge on any atom is 0.420 e. The Morgan fingerprint density at radius 1 is 1.42 bits per heavy atom. The van der Waals surface area contributed by atoms with Crippen molar-refractivity contribution in [3.05, 3.63) is 40.5 Å². The third kappa shape index (κ3) is 2.12. The Morgan fingerprint density at radius 2 is 2.26 bits per heavy atom. The van der Waals surface area contributed by atoms with Crippen molar-refractivity contribution in [3.8, 4) is 0 Å². The molecule has 3 aromatic rings. The molecule has 1 N–H and O–H groups in total. The molecular weight excluding hydrogens is 264 g/mol. The van der Waals surface area contributed by atoms with Gasteiger partial charge in [0, 0.05) is 18.1 Å². The lowest BCUT2D eigenvalue weighted by Crippen LogP contribution is -2.16. The highest BCUT2D eigenvalue weighted by Crippen LogP contribution is 2.20. The monoisotopic (exact) mass is 276 g/mol. The summed E-state index contributed by atoms with van der Waals surface area (Å²) in [5.74, 6) is -0.378. The summed E-state index contributed by atoms with van der Waals surface area (Å²) in [4.78, 5) is 11.9. The van der Waals surface area contributed by atoms with Gasteiger partial charge >= 0.3 is 5.76 Å². The average molecular weight is 276 g/mol. The van der Waals surface area contributed by atoms with Crippen molar-refractivity contribution in [2.24, 2.45) is 0 Å². The maximum atomic E-state index is 11.9. The van der Waals surface area contributed by atoms with E-state index in [1.165, 1.54) is 11.5 Å². The quantitative estimate of drug-likeness (QED) is 0.788. The Morgan fingerprint density at radius 3 is 3.11 bits per heavy atom. The second-order valence-corrected chi connectivity index (χ2v) is 4.76. The molecule has 1 aromatic carbocycles. The highest BCUT2D eigenvalue weighted by atomic mass is 32.1. The number of fused-ring (bicyclic) bond motifs is 1. The van der Waals surface area contributed by atoms with Gasteiger partial charge in [0.05, 0.1) is 12.1 Å². The zero-order valence-corrected chi connectivity index (χ0v) is 11.1. The normalized spacial score (nSPS) is 11.0. The van der Waals surface area contributed by atoms with E-state index in [2.05, 4.69) is 14.9 Å². The number of nitrogens with zero attached hydrogens (tertiary/aromatic N) is 3. The number of oxazole rings is 1. The minimum Gasteiger partial charge on any atom is -0.408 e. The number of aromatic nitrogens is 3. The van der Waals surface area contributed by atoms with E-state index in [4.69, 9.17) is 4.42 Å². The number of anilines is 1. The molecule has 98 valence electrons. The van der Waals surface area contributed by atoms with Crippen molar-refractivity contribution in [1.29, 1.82) is 0 Å². The summed E-state index contributed by atoms with van der Waals surface area (Å²) in [7, 11) is 0.